The minimum Gasteiger partial charge on any atom is -0.466 e. The number of carbonyl (C=O) groups is 1. The van der Waals surface area contributed by atoms with E-state index >= 15 is 0 Å². The lowest BCUT2D eigenvalue weighted by atomic mass is 10.0. The summed E-state index contributed by atoms with van der Waals surface area (Å²) in [6, 6.07) is 3.59. The Morgan fingerprint density at radius 2 is 2.12 bits per heavy atom. The molecule has 1 aromatic heterocycles. The SMILES string of the molecule is CCOC(=O)CCC(N)c1ccncc1.Cl. The van der Waals surface area contributed by atoms with E-state index in [1.54, 1.807) is 19.3 Å². The predicted molar refractivity (Wildman–Crippen MR) is 64.3 cm³/mol. The number of aromatic nitrogens is 1. The monoisotopic (exact) mass is 244 g/mol. The number of carbonyl (C=O) groups excluding carboxylic acids is 1. The number of nitrogens with zero attached hydrogens (tertiary/aromatic N) is 1. The molecule has 5 heteroatoms. The highest BCUT2D eigenvalue weighted by Gasteiger charge is 2.09. The average Bonchev–Trinajstić information content (AvgIpc) is 2.27. The molecule has 1 rings (SSSR count). The first-order chi connectivity index (χ1) is 7.24. The molecule has 0 spiro atoms. The van der Waals surface area contributed by atoms with E-state index in [1.165, 1.54) is 0 Å². The molecule has 1 unspecified atom stereocenters. The van der Waals surface area contributed by atoms with Crippen LogP contribution in [-0.4, -0.2) is 17.6 Å². The van der Waals surface area contributed by atoms with E-state index in [0.29, 0.717) is 19.4 Å². The molecule has 0 fully saturated rings. The van der Waals surface area contributed by atoms with Gasteiger partial charge in [-0.15, -0.1) is 12.4 Å². The highest BCUT2D eigenvalue weighted by Crippen LogP contribution is 2.14. The molecule has 0 radical (unpaired) electrons. The van der Waals surface area contributed by atoms with Crippen molar-refractivity contribution in [3.63, 3.8) is 0 Å². The van der Waals surface area contributed by atoms with Crippen molar-refractivity contribution in [3.05, 3.63) is 30.1 Å². The van der Waals surface area contributed by atoms with Crippen LogP contribution in [0.5, 0.6) is 0 Å². The quantitative estimate of drug-likeness (QED) is 0.803. The zero-order valence-electron chi connectivity index (χ0n) is 9.26. The third-order valence-electron chi connectivity index (χ3n) is 2.10. The molecule has 0 saturated heterocycles. The lowest BCUT2D eigenvalue weighted by Gasteiger charge is -2.10. The number of ether oxygens (including phenoxy) is 1. The highest BCUT2D eigenvalue weighted by molar-refractivity contribution is 5.85. The number of rotatable bonds is 5. The molecule has 2 N–H and O–H groups in total. The Bertz CT molecular complexity index is 306. The van der Waals surface area contributed by atoms with Gasteiger partial charge in [0.05, 0.1) is 6.61 Å². The standard InChI is InChI=1S/C11H16N2O2.ClH/c1-2-15-11(14)4-3-10(12)9-5-7-13-8-6-9;/h5-8,10H,2-4,12H2,1H3;1H. The first-order valence-corrected chi connectivity index (χ1v) is 5.05. The predicted octanol–water partition coefficient (Wildman–Crippen LogP) is 1.85. The first-order valence-electron chi connectivity index (χ1n) is 5.05. The maximum Gasteiger partial charge on any atom is 0.305 e. The summed E-state index contributed by atoms with van der Waals surface area (Å²) in [5, 5.41) is 0. The number of nitrogens with two attached hydrogens (primary N) is 1. The van der Waals surface area contributed by atoms with E-state index in [1.807, 2.05) is 12.1 Å². The van der Waals surface area contributed by atoms with Crippen molar-refractivity contribution in [2.75, 3.05) is 6.61 Å². The summed E-state index contributed by atoms with van der Waals surface area (Å²) in [4.78, 5) is 15.0. The fraction of sp³-hybridized carbons (Fsp3) is 0.455. The van der Waals surface area contributed by atoms with Crippen LogP contribution in [0.4, 0.5) is 0 Å². The van der Waals surface area contributed by atoms with Crippen LogP contribution in [0.2, 0.25) is 0 Å². The van der Waals surface area contributed by atoms with Crippen molar-refractivity contribution in [1.29, 1.82) is 0 Å². The van der Waals surface area contributed by atoms with Crippen molar-refractivity contribution < 1.29 is 9.53 Å². The molecular weight excluding hydrogens is 228 g/mol. The lowest BCUT2D eigenvalue weighted by molar-refractivity contribution is -0.143. The molecule has 1 atom stereocenters. The van der Waals surface area contributed by atoms with Gasteiger partial charge in [-0.3, -0.25) is 9.78 Å². The van der Waals surface area contributed by atoms with E-state index in [2.05, 4.69) is 4.98 Å². The normalized spacial score (nSPS) is 11.4. The van der Waals surface area contributed by atoms with Crippen molar-refractivity contribution in [1.82, 2.24) is 4.98 Å². The van der Waals surface area contributed by atoms with E-state index in [0.717, 1.165) is 5.56 Å². The molecule has 16 heavy (non-hydrogen) atoms. The largest absolute Gasteiger partial charge is 0.466 e. The van der Waals surface area contributed by atoms with Crippen LogP contribution in [0.15, 0.2) is 24.5 Å². The first kappa shape index (κ1) is 14.9. The smallest absolute Gasteiger partial charge is 0.305 e. The number of hydrogen-bond acceptors (Lipinski definition) is 4. The summed E-state index contributed by atoms with van der Waals surface area (Å²) < 4.78 is 4.82. The minimum atomic E-state index is -0.193. The molecule has 90 valence electrons. The molecule has 0 amide bonds. The zero-order chi connectivity index (χ0) is 11.1. The van der Waals surface area contributed by atoms with Gasteiger partial charge in [-0.1, -0.05) is 0 Å². The van der Waals surface area contributed by atoms with Crippen LogP contribution in [0.25, 0.3) is 0 Å². The van der Waals surface area contributed by atoms with Gasteiger partial charge >= 0.3 is 5.97 Å². The van der Waals surface area contributed by atoms with Gasteiger partial charge in [-0.25, -0.2) is 0 Å². The van der Waals surface area contributed by atoms with Crippen molar-refractivity contribution >= 4 is 18.4 Å². The second-order valence-electron chi connectivity index (χ2n) is 3.23. The fourth-order valence-electron chi connectivity index (χ4n) is 1.28. The highest BCUT2D eigenvalue weighted by atomic mass is 35.5. The number of halogens is 1. The fourth-order valence-corrected chi connectivity index (χ4v) is 1.28. The Morgan fingerprint density at radius 1 is 1.50 bits per heavy atom. The second kappa shape index (κ2) is 8.07. The van der Waals surface area contributed by atoms with Gasteiger partial charge in [0.15, 0.2) is 0 Å². The van der Waals surface area contributed by atoms with Crippen molar-refractivity contribution in [2.45, 2.75) is 25.8 Å². The van der Waals surface area contributed by atoms with E-state index in [-0.39, 0.29) is 24.4 Å². The zero-order valence-corrected chi connectivity index (χ0v) is 10.1. The Labute approximate surface area is 102 Å². The molecular formula is C11H17ClN2O2. The topological polar surface area (TPSA) is 65.2 Å². The van der Waals surface area contributed by atoms with Gasteiger partial charge in [0, 0.05) is 24.9 Å². The van der Waals surface area contributed by atoms with Crippen LogP contribution in [-0.2, 0) is 9.53 Å². The average molecular weight is 245 g/mol. The van der Waals surface area contributed by atoms with E-state index < -0.39 is 0 Å². The van der Waals surface area contributed by atoms with Gasteiger partial charge < -0.3 is 10.5 Å². The van der Waals surface area contributed by atoms with E-state index in [4.69, 9.17) is 10.5 Å². The summed E-state index contributed by atoms with van der Waals surface area (Å²) in [5.74, 6) is -0.193. The van der Waals surface area contributed by atoms with Crippen LogP contribution in [0, 0.1) is 0 Å². The van der Waals surface area contributed by atoms with Gasteiger partial charge in [0.1, 0.15) is 0 Å². The third-order valence-corrected chi connectivity index (χ3v) is 2.10. The molecule has 0 aliphatic carbocycles. The van der Waals surface area contributed by atoms with Gasteiger partial charge in [-0.2, -0.15) is 0 Å². The maximum absolute atomic E-state index is 11.1. The van der Waals surface area contributed by atoms with E-state index in [9.17, 15) is 4.79 Å². The summed E-state index contributed by atoms with van der Waals surface area (Å²) in [6.45, 7) is 2.21. The molecule has 1 aromatic rings. The molecule has 0 saturated carbocycles. The number of pyridine rings is 1. The summed E-state index contributed by atoms with van der Waals surface area (Å²) >= 11 is 0. The molecule has 4 nitrogen and oxygen atoms in total. The van der Waals surface area contributed by atoms with Crippen LogP contribution in [0.1, 0.15) is 31.4 Å². The maximum atomic E-state index is 11.1. The number of hydrogen-bond donors (Lipinski definition) is 1. The van der Waals surface area contributed by atoms with Crippen LogP contribution in [0.3, 0.4) is 0 Å². The molecule has 0 aliphatic heterocycles. The van der Waals surface area contributed by atoms with Crippen LogP contribution < -0.4 is 5.73 Å². The molecule has 0 bridgehead atoms. The van der Waals surface area contributed by atoms with Gasteiger partial charge in [0.25, 0.3) is 0 Å². The summed E-state index contributed by atoms with van der Waals surface area (Å²) in [6.07, 6.45) is 4.35. The molecule has 0 aliphatic rings. The minimum absolute atomic E-state index is 0. The summed E-state index contributed by atoms with van der Waals surface area (Å²) in [7, 11) is 0. The molecule has 1 heterocycles. The van der Waals surface area contributed by atoms with Crippen LogP contribution >= 0.6 is 12.4 Å². The number of esters is 1. The molecule has 0 aromatic carbocycles. The van der Waals surface area contributed by atoms with Gasteiger partial charge in [0.2, 0.25) is 0 Å². The summed E-state index contributed by atoms with van der Waals surface area (Å²) in [5.41, 5.74) is 6.90. The lowest BCUT2D eigenvalue weighted by Crippen LogP contribution is -2.13. The Balaban J connectivity index is 0.00000225. The van der Waals surface area contributed by atoms with Crippen molar-refractivity contribution in [2.24, 2.45) is 5.73 Å². The second-order valence-corrected chi connectivity index (χ2v) is 3.23. The third kappa shape index (κ3) is 5.09. The Morgan fingerprint density at radius 3 is 2.69 bits per heavy atom. The van der Waals surface area contributed by atoms with Crippen molar-refractivity contribution in [3.8, 4) is 0 Å². The van der Waals surface area contributed by atoms with Gasteiger partial charge in [-0.05, 0) is 31.0 Å². The Hall–Kier alpha value is -1.13. The Kier molecular flexibility index (Phi) is 7.50.